The lowest BCUT2D eigenvalue weighted by molar-refractivity contribution is 0.237. The molecule has 0 aliphatic rings. The summed E-state index contributed by atoms with van der Waals surface area (Å²) in [6.45, 7) is 6.39. The Morgan fingerprint density at radius 3 is 2.53 bits per heavy atom. The van der Waals surface area contributed by atoms with Gasteiger partial charge in [-0.3, -0.25) is 0 Å². The van der Waals surface area contributed by atoms with E-state index in [1.54, 1.807) is 12.1 Å². The largest absolute Gasteiger partial charge is 0.508 e. The Morgan fingerprint density at radius 1 is 1.33 bits per heavy atom. The van der Waals surface area contributed by atoms with Gasteiger partial charge in [0.1, 0.15) is 11.5 Å². The van der Waals surface area contributed by atoms with Crippen LogP contribution in [0.4, 0.5) is 0 Å². The quantitative estimate of drug-likeness (QED) is 0.799. The van der Waals surface area contributed by atoms with Gasteiger partial charge in [0.2, 0.25) is 0 Å². The lowest BCUT2D eigenvalue weighted by Gasteiger charge is -2.18. The molecule has 0 amide bonds. The fraction of sp³-hybridized carbons (Fsp3) is 0.500. The molecule has 84 valence electrons. The van der Waals surface area contributed by atoms with Crippen LogP contribution in [0.5, 0.6) is 11.5 Å². The van der Waals surface area contributed by atoms with Crippen molar-refractivity contribution < 1.29 is 9.84 Å². The zero-order chi connectivity index (χ0) is 11.4. The SMILES string of the molecule is CC(C)Oc1cccc(O)c1C(C)CN. The maximum absolute atomic E-state index is 9.77. The van der Waals surface area contributed by atoms with Gasteiger partial charge in [-0.1, -0.05) is 13.0 Å². The van der Waals surface area contributed by atoms with Gasteiger partial charge in [0.25, 0.3) is 0 Å². The lowest BCUT2D eigenvalue weighted by atomic mass is 9.99. The summed E-state index contributed by atoms with van der Waals surface area (Å²) in [6.07, 6.45) is 0.0931. The average molecular weight is 209 g/mol. The summed E-state index contributed by atoms with van der Waals surface area (Å²) in [7, 11) is 0. The molecular formula is C12H19NO2. The van der Waals surface area contributed by atoms with Crippen LogP contribution in [0.1, 0.15) is 32.3 Å². The molecule has 0 saturated heterocycles. The van der Waals surface area contributed by atoms with E-state index in [1.807, 2.05) is 26.8 Å². The Kier molecular flexibility index (Phi) is 3.97. The van der Waals surface area contributed by atoms with Crippen molar-refractivity contribution in [3.05, 3.63) is 23.8 Å². The molecule has 1 rings (SSSR count). The highest BCUT2D eigenvalue weighted by Gasteiger charge is 2.15. The summed E-state index contributed by atoms with van der Waals surface area (Å²) in [5.41, 5.74) is 6.41. The molecule has 1 unspecified atom stereocenters. The van der Waals surface area contributed by atoms with Crippen molar-refractivity contribution in [2.45, 2.75) is 32.8 Å². The molecule has 0 aliphatic carbocycles. The summed E-state index contributed by atoms with van der Waals surface area (Å²) in [5, 5.41) is 9.77. The van der Waals surface area contributed by atoms with Crippen LogP contribution in [0.3, 0.4) is 0 Å². The number of hydrogen-bond acceptors (Lipinski definition) is 3. The van der Waals surface area contributed by atoms with E-state index >= 15 is 0 Å². The number of hydrogen-bond donors (Lipinski definition) is 2. The van der Waals surface area contributed by atoms with Crippen molar-refractivity contribution in [1.82, 2.24) is 0 Å². The van der Waals surface area contributed by atoms with Crippen molar-refractivity contribution in [2.24, 2.45) is 5.73 Å². The van der Waals surface area contributed by atoms with Gasteiger partial charge in [-0.2, -0.15) is 0 Å². The number of aromatic hydroxyl groups is 1. The van der Waals surface area contributed by atoms with E-state index in [9.17, 15) is 5.11 Å². The van der Waals surface area contributed by atoms with E-state index in [-0.39, 0.29) is 17.8 Å². The molecule has 3 heteroatoms. The molecule has 0 heterocycles. The van der Waals surface area contributed by atoms with E-state index in [1.165, 1.54) is 0 Å². The van der Waals surface area contributed by atoms with Gasteiger partial charge in [0.15, 0.2) is 0 Å². The Hall–Kier alpha value is -1.22. The minimum absolute atomic E-state index is 0.0931. The molecule has 0 fully saturated rings. The fourth-order valence-electron chi connectivity index (χ4n) is 1.50. The molecule has 1 aromatic rings. The molecule has 1 atom stereocenters. The highest BCUT2D eigenvalue weighted by atomic mass is 16.5. The molecule has 0 aromatic heterocycles. The van der Waals surface area contributed by atoms with Crippen LogP contribution in [0.25, 0.3) is 0 Å². The molecule has 0 saturated carbocycles. The van der Waals surface area contributed by atoms with Crippen LogP contribution in [0, 0.1) is 0 Å². The van der Waals surface area contributed by atoms with E-state index in [0.717, 1.165) is 11.3 Å². The highest BCUT2D eigenvalue weighted by Crippen LogP contribution is 2.34. The molecule has 1 aromatic carbocycles. The van der Waals surface area contributed by atoms with Gasteiger partial charge < -0.3 is 15.6 Å². The Morgan fingerprint density at radius 2 is 2.00 bits per heavy atom. The average Bonchev–Trinajstić information content (AvgIpc) is 2.16. The van der Waals surface area contributed by atoms with Gasteiger partial charge in [-0.15, -0.1) is 0 Å². The Bertz CT molecular complexity index is 323. The van der Waals surface area contributed by atoms with Crippen molar-refractivity contribution in [1.29, 1.82) is 0 Å². The number of benzene rings is 1. The zero-order valence-electron chi connectivity index (χ0n) is 9.53. The molecular weight excluding hydrogens is 190 g/mol. The maximum atomic E-state index is 9.77. The van der Waals surface area contributed by atoms with E-state index in [4.69, 9.17) is 10.5 Å². The van der Waals surface area contributed by atoms with E-state index in [0.29, 0.717) is 6.54 Å². The molecule has 0 aliphatic heterocycles. The second-order valence-electron chi connectivity index (χ2n) is 3.99. The van der Waals surface area contributed by atoms with Gasteiger partial charge in [0.05, 0.1) is 6.10 Å². The summed E-state index contributed by atoms with van der Waals surface area (Å²) in [4.78, 5) is 0. The molecule has 0 bridgehead atoms. The maximum Gasteiger partial charge on any atom is 0.126 e. The van der Waals surface area contributed by atoms with Crippen LogP contribution in [0.15, 0.2) is 18.2 Å². The summed E-state index contributed by atoms with van der Waals surface area (Å²) in [5.74, 6) is 1.08. The van der Waals surface area contributed by atoms with Crippen molar-refractivity contribution in [2.75, 3.05) is 6.54 Å². The van der Waals surface area contributed by atoms with Crippen molar-refractivity contribution in [3.8, 4) is 11.5 Å². The molecule has 15 heavy (non-hydrogen) atoms. The Balaban J connectivity index is 3.08. The number of rotatable bonds is 4. The topological polar surface area (TPSA) is 55.5 Å². The number of phenols is 1. The second kappa shape index (κ2) is 5.03. The van der Waals surface area contributed by atoms with Crippen molar-refractivity contribution in [3.63, 3.8) is 0 Å². The minimum atomic E-state index is 0.0931. The minimum Gasteiger partial charge on any atom is -0.508 e. The predicted octanol–water partition coefficient (Wildman–Crippen LogP) is 2.24. The van der Waals surface area contributed by atoms with Crippen LogP contribution in [-0.2, 0) is 0 Å². The van der Waals surface area contributed by atoms with Gasteiger partial charge in [0, 0.05) is 11.5 Å². The van der Waals surface area contributed by atoms with Crippen LogP contribution in [-0.4, -0.2) is 17.8 Å². The van der Waals surface area contributed by atoms with Gasteiger partial charge in [-0.05, 0) is 32.5 Å². The molecule has 0 radical (unpaired) electrons. The fourth-order valence-corrected chi connectivity index (χ4v) is 1.50. The summed E-state index contributed by atoms with van der Waals surface area (Å²) < 4.78 is 5.63. The molecule has 3 N–H and O–H groups in total. The van der Waals surface area contributed by atoms with Crippen molar-refractivity contribution >= 4 is 0 Å². The van der Waals surface area contributed by atoms with Crippen LogP contribution in [0.2, 0.25) is 0 Å². The number of phenolic OH excluding ortho intramolecular Hbond substituents is 1. The summed E-state index contributed by atoms with van der Waals surface area (Å²) >= 11 is 0. The molecule has 0 spiro atoms. The summed E-state index contributed by atoms with van der Waals surface area (Å²) in [6, 6.07) is 5.30. The first-order chi connectivity index (χ1) is 7.06. The normalized spacial score (nSPS) is 12.9. The first-order valence-electron chi connectivity index (χ1n) is 5.24. The third-order valence-electron chi connectivity index (χ3n) is 2.25. The van der Waals surface area contributed by atoms with Gasteiger partial charge >= 0.3 is 0 Å². The van der Waals surface area contributed by atoms with E-state index < -0.39 is 0 Å². The standard InChI is InChI=1S/C12H19NO2/c1-8(2)15-11-6-4-5-10(14)12(11)9(3)7-13/h4-6,8-9,14H,7,13H2,1-3H3. The zero-order valence-corrected chi connectivity index (χ0v) is 9.53. The monoisotopic (exact) mass is 209 g/mol. The highest BCUT2D eigenvalue weighted by molar-refractivity contribution is 5.46. The first kappa shape index (κ1) is 11.9. The number of nitrogens with two attached hydrogens (primary N) is 1. The smallest absolute Gasteiger partial charge is 0.126 e. The predicted molar refractivity (Wildman–Crippen MR) is 61.3 cm³/mol. The van der Waals surface area contributed by atoms with E-state index in [2.05, 4.69) is 0 Å². The number of ether oxygens (including phenoxy) is 1. The first-order valence-corrected chi connectivity index (χ1v) is 5.24. The third-order valence-corrected chi connectivity index (χ3v) is 2.25. The Labute approximate surface area is 90.9 Å². The van der Waals surface area contributed by atoms with Gasteiger partial charge in [-0.25, -0.2) is 0 Å². The third kappa shape index (κ3) is 2.86. The van der Waals surface area contributed by atoms with Crippen LogP contribution < -0.4 is 10.5 Å². The second-order valence-corrected chi connectivity index (χ2v) is 3.99. The van der Waals surface area contributed by atoms with Crippen LogP contribution >= 0.6 is 0 Å². The lowest BCUT2D eigenvalue weighted by Crippen LogP contribution is -2.13. The molecule has 3 nitrogen and oxygen atoms in total.